The molecule has 0 aliphatic carbocycles. The number of hydrogen-bond acceptors (Lipinski definition) is 4. The monoisotopic (exact) mass is 215 g/mol. The summed E-state index contributed by atoms with van der Waals surface area (Å²) in [5.74, 6) is 0.353. The largest absolute Gasteiger partial charge is 0.383 e. The molecular weight excluding hydrogens is 202 g/mol. The van der Waals surface area contributed by atoms with Crippen molar-refractivity contribution in [3.05, 3.63) is 23.4 Å². The molecule has 78 valence electrons. The number of nitrogens with one attached hydrogen (secondary N) is 1. The molecular formula is C8H13N3O2S. The van der Waals surface area contributed by atoms with Gasteiger partial charge in [0.15, 0.2) is 0 Å². The van der Waals surface area contributed by atoms with Crippen molar-refractivity contribution in [2.24, 2.45) is 0 Å². The van der Waals surface area contributed by atoms with Crippen LogP contribution in [0.1, 0.15) is 11.1 Å². The Balaban J connectivity index is 2.81. The fourth-order valence-corrected chi connectivity index (χ4v) is 1.41. The number of aryl methyl sites for hydroxylation is 1. The number of sulfonamides is 1. The predicted octanol–water partition coefficient (Wildman–Crippen LogP) is 0.0214. The second-order valence-corrected chi connectivity index (χ2v) is 4.98. The summed E-state index contributed by atoms with van der Waals surface area (Å²) in [5.41, 5.74) is 7.21. The predicted molar refractivity (Wildman–Crippen MR) is 55.1 cm³/mol. The zero-order valence-electron chi connectivity index (χ0n) is 8.11. The van der Waals surface area contributed by atoms with Crippen LogP contribution in [0.15, 0.2) is 12.3 Å². The van der Waals surface area contributed by atoms with Gasteiger partial charge in [-0.25, -0.2) is 18.1 Å². The lowest BCUT2D eigenvalue weighted by atomic mass is 10.2. The van der Waals surface area contributed by atoms with Gasteiger partial charge in [0, 0.05) is 18.3 Å². The van der Waals surface area contributed by atoms with Gasteiger partial charge in [0.1, 0.15) is 5.82 Å². The van der Waals surface area contributed by atoms with Gasteiger partial charge in [0.05, 0.1) is 6.26 Å². The Hall–Kier alpha value is -1.14. The summed E-state index contributed by atoms with van der Waals surface area (Å²) in [7, 11) is -3.19. The van der Waals surface area contributed by atoms with Crippen molar-refractivity contribution in [3.8, 4) is 0 Å². The molecule has 14 heavy (non-hydrogen) atoms. The van der Waals surface area contributed by atoms with Crippen molar-refractivity contribution < 1.29 is 8.42 Å². The number of rotatable bonds is 3. The van der Waals surface area contributed by atoms with Gasteiger partial charge in [-0.15, -0.1) is 0 Å². The highest BCUT2D eigenvalue weighted by Gasteiger charge is 2.04. The first-order chi connectivity index (χ1) is 6.38. The summed E-state index contributed by atoms with van der Waals surface area (Å²) in [6, 6.07) is 1.81. The Labute approximate surface area is 83.4 Å². The van der Waals surface area contributed by atoms with Crippen LogP contribution in [-0.2, 0) is 16.6 Å². The van der Waals surface area contributed by atoms with Gasteiger partial charge in [0.2, 0.25) is 10.0 Å². The van der Waals surface area contributed by atoms with Crippen LogP contribution in [0.5, 0.6) is 0 Å². The van der Waals surface area contributed by atoms with E-state index in [1.165, 1.54) is 0 Å². The molecule has 0 amide bonds. The molecule has 0 aromatic carbocycles. The van der Waals surface area contributed by atoms with Crippen LogP contribution in [-0.4, -0.2) is 19.7 Å². The van der Waals surface area contributed by atoms with E-state index < -0.39 is 10.0 Å². The highest BCUT2D eigenvalue weighted by Crippen LogP contribution is 2.09. The van der Waals surface area contributed by atoms with E-state index in [4.69, 9.17) is 5.73 Å². The Bertz CT molecular complexity index is 428. The number of aromatic nitrogens is 1. The topological polar surface area (TPSA) is 85.1 Å². The smallest absolute Gasteiger partial charge is 0.209 e. The first kappa shape index (κ1) is 10.9. The summed E-state index contributed by atoms with van der Waals surface area (Å²) in [5, 5.41) is 0. The molecule has 5 nitrogen and oxygen atoms in total. The zero-order valence-corrected chi connectivity index (χ0v) is 8.93. The van der Waals surface area contributed by atoms with Gasteiger partial charge >= 0.3 is 0 Å². The Kier molecular flexibility index (Phi) is 3.07. The Morgan fingerprint density at radius 3 is 2.79 bits per heavy atom. The lowest BCUT2D eigenvalue weighted by molar-refractivity contribution is 0.587. The third kappa shape index (κ3) is 3.31. The van der Waals surface area contributed by atoms with E-state index in [1.54, 1.807) is 12.3 Å². The van der Waals surface area contributed by atoms with Crippen LogP contribution in [0.25, 0.3) is 0 Å². The molecule has 0 unspecified atom stereocenters. The fraction of sp³-hybridized carbons (Fsp3) is 0.375. The second-order valence-electron chi connectivity index (χ2n) is 3.15. The third-order valence-electron chi connectivity index (χ3n) is 1.66. The van der Waals surface area contributed by atoms with Crippen molar-refractivity contribution in [2.75, 3.05) is 12.0 Å². The number of anilines is 1. The quantitative estimate of drug-likeness (QED) is 0.744. The molecule has 1 aromatic heterocycles. The highest BCUT2D eigenvalue weighted by atomic mass is 32.2. The van der Waals surface area contributed by atoms with Gasteiger partial charge < -0.3 is 5.73 Å². The molecule has 3 N–H and O–H groups in total. The van der Waals surface area contributed by atoms with Crippen molar-refractivity contribution in [1.29, 1.82) is 0 Å². The van der Waals surface area contributed by atoms with E-state index >= 15 is 0 Å². The number of pyridine rings is 1. The van der Waals surface area contributed by atoms with E-state index in [2.05, 4.69) is 9.71 Å². The minimum absolute atomic E-state index is 0.180. The minimum Gasteiger partial charge on any atom is -0.383 e. The molecule has 1 rings (SSSR count). The van der Waals surface area contributed by atoms with Crippen molar-refractivity contribution in [1.82, 2.24) is 9.71 Å². The van der Waals surface area contributed by atoms with Crippen LogP contribution in [0, 0.1) is 6.92 Å². The second kappa shape index (κ2) is 3.93. The summed E-state index contributed by atoms with van der Waals surface area (Å²) in [6.45, 7) is 2.05. The minimum atomic E-state index is -3.19. The molecule has 0 atom stereocenters. The van der Waals surface area contributed by atoms with Crippen LogP contribution < -0.4 is 10.5 Å². The molecule has 1 aromatic rings. The number of nitrogens with zero attached hydrogens (tertiary/aromatic N) is 1. The van der Waals surface area contributed by atoms with Crippen LogP contribution in [0.2, 0.25) is 0 Å². The maximum Gasteiger partial charge on any atom is 0.209 e. The molecule has 0 bridgehead atoms. The molecule has 0 aliphatic rings. The SMILES string of the molecule is Cc1cnc(N)c(CNS(C)(=O)=O)c1. The highest BCUT2D eigenvalue weighted by molar-refractivity contribution is 7.88. The third-order valence-corrected chi connectivity index (χ3v) is 2.33. The summed E-state index contributed by atoms with van der Waals surface area (Å²) in [4.78, 5) is 3.92. The molecule has 0 saturated carbocycles. The maximum absolute atomic E-state index is 10.8. The van der Waals surface area contributed by atoms with Gasteiger partial charge in [-0.05, 0) is 18.6 Å². The molecule has 0 spiro atoms. The van der Waals surface area contributed by atoms with Gasteiger partial charge in [-0.2, -0.15) is 0 Å². The Morgan fingerprint density at radius 1 is 1.57 bits per heavy atom. The van der Waals surface area contributed by atoms with E-state index in [9.17, 15) is 8.42 Å². The van der Waals surface area contributed by atoms with E-state index in [0.29, 0.717) is 11.4 Å². The molecule has 0 aliphatic heterocycles. The lowest BCUT2D eigenvalue weighted by Crippen LogP contribution is -2.22. The first-order valence-electron chi connectivity index (χ1n) is 4.04. The van der Waals surface area contributed by atoms with Gasteiger partial charge in [-0.1, -0.05) is 0 Å². The van der Waals surface area contributed by atoms with Crippen LogP contribution >= 0.6 is 0 Å². The molecule has 0 radical (unpaired) electrons. The Morgan fingerprint density at radius 2 is 2.21 bits per heavy atom. The zero-order chi connectivity index (χ0) is 10.8. The number of hydrogen-bond donors (Lipinski definition) is 2. The molecule has 0 fully saturated rings. The summed E-state index contributed by atoms with van der Waals surface area (Å²) >= 11 is 0. The average molecular weight is 215 g/mol. The van der Waals surface area contributed by atoms with Crippen LogP contribution in [0.3, 0.4) is 0 Å². The van der Waals surface area contributed by atoms with Gasteiger partial charge in [0.25, 0.3) is 0 Å². The van der Waals surface area contributed by atoms with Crippen molar-refractivity contribution >= 4 is 15.8 Å². The van der Waals surface area contributed by atoms with E-state index in [-0.39, 0.29) is 6.54 Å². The summed E-state index contributed by atoms with van der Waals surface area (Å²) < 4.78 is 24.0. The lowest BCUT2D eigenvalue weighted by Gasteiger charge is -2.05. The van der Waals surface area contributed by atoms with E-state index in [1.807, 2.05) is 6.92 Å². The normalized spacial score (nSPS) is 11.6. The maximum atomic E-state index is 10.8. The molecule has 0 saturated heterocycles. The van der Waals surface area contributed by atoms with Crippen molar-refractivity contribution in [3.63, 3.8) is 0 Å². The average Bonchev–Trinajstić information content (AvgIpc) is 2.05. The van der Waals surface area contributed by atoms with Crippen LogP contribution in [0.4, 0.5) is 5.82 Å². The first-order valence-corrected chi connectivity index (χ1v) is 5.93. The van der Waals surface area contributed by atoms with E-state index in [0.717, 1.165) is 11.8 Å². The molecule has 1 heterocycles. The summed E-state index contributed by atoms with van der Waals surface area (Å²) in [6.07, 6.45) is 2.74. The molecule has 6 heteroatoms. The fourth-order valence-electron chi connectivity index (χ4n) is 0.991. The standard InChI is InChI=1S/C8H13N3O2S/c1-6-3-7(8(9)10-4-6)5-11-14(2,12)13/h3-4,11H,5H2,1-2H3,(H2,9,10). The number of nitrogens with two attached hydrogens (primary N) is 1. The number of nitrogen functional groups attached to an aromatic ring is 1. The van der Waals surface area contributed by atoms with Gasteiger partial charge in [-0.3, -0.25) is 0 Å². The van der Waals surface area contributed by atoms with Crippen molar-refractivity contribution in [2.45, 2.75) is 13.5 Å².